The molecule has 1 aliphatic rings. The van der Waals surface area contributed by atoms with Crippen LogP contribution >= 0.6 is 0 Å². The summed E-state index contributed by atoms with van der Waals surface area (Å²) in [6.45, 7) is 0.265. The third-order valence-electron chi connectivity index (χ3n) is 3.13. The third kappa shape index (κ3) is 3.13. The fraction of sp³-hybridized carbons (Fsp3) is 0.417. The molecule has 1 fully saturated rings. The highest BCUT2D eigenvalue weighted by molar-refractivity contribution is 5.69. The fourth-order valence-electron chi connectivity index (χ4n) is 2.15. The van der Waals surface area contributed by atoms with Crippen LogP contribution in [0.3, 0.4) is 0 Å². The summed E-state index contributed by atoms with van der Waals surface area (Å²) in [6, 6.07) is 1.64. The maximum Gasteiger partial charge on any atom is 0.418 e. The van der Waals surface area contributed by atoms with Gasteiger partial charge in [0.15, 0.2) is 0 Å². The van der Waals surface area contributed by atoms with Gasteiger partial charge in [0, 0.05) is 18.7 Å². The zero-order valence-electron chi connectivity index (χ0n) is 10.7. The van der Waals surface area contributed by atoms with E-state index in [-0.39, 0.29) is 25.4 Å². The third-order valence-corrected chi connectivity index (χ3v) is 3.13. The number of carbonyl (C=O) groups excluding carboxylic acids is 1. The van der Waals surface area contributed by atoms with Crippen LogP contribution in [0.1, 0.15) is 5.56 Å². The summed E-state index contributed by atoms with van der Waals surface area (Å²) in [5.41, 5.74) is -2.04. The number of nitro groups is 1. The number of hydrogen-bond donors (Lipinski definition) is 0. The molecule has 1 aliphatic heterocycles. The number of halogens is 3. The van der Waals surface area contributed by atoms with Crippen molar-refractivity contribution in [3.8, 4) is 0 Å². The van der Waals surface area contributed by atoms with E-state index in [1.165, 1.54) is 4.90 Å². The van der Waals surface area contributed by atoms with Gasteiger partial charge in [-0.15, -0.1) is 0 Å². The molecule has 1 saturated heterocycles. The molecule has 0 aliphatic carbocycles. The van der Waals surface area contributed by atoms with Crippen LogP contribution in [0.15, 0.2) is 18.2 Å². The lowest BCUT2D eigenvalue weighted by atomic mass is 10.1. The van der Waals surface area contributed by atoms with Crippen LogP contribution in [-0.4, -0.2) is 37.0 Å². The molecular weight excluding hydrogens is 293 g/mol. The molecule has 0 N–H and O–H groups in total. The number of morpholine rings is 1. The van der Waals surface area contributed by atoms with Gasteiger partial charge in [0.1, 0.15) is 12.3 Å². The summed E-state index contributed by atoms with van der Waals surface area (Å²) < 4.78 is 44.4. The topological polar surface area (TPSA) is 72.7 Å². The lowest BCUT2D eigenvalue weighted by Crippen LogP contribution is -2.47. The van der Waals surface area contributed by atoms with E-state index in [4.69, 9.17) is 4.74 Å². The number of aldehydes is 1. The standard InChI is InChI=1S/C12H11F3N2O4/c13-12(14,15)10-5-8(17(19)20)1-2-11(10)16-3-4-21-7-9(16)6-18/h1-2,5-6,9H,3-4,7H2. The van der Waals surface area contributed by atoms with E-state index in [0.717, 1.165) is 12.1 Å². The van der Waals surface area contributed by atoms with Crippen LogP contribution < -0.4 is 4.90 Å². The van der Waals surface area contributed by atoms with Gasteiger partial charge >= 0.3 is 6.18 Å². The van der Waals surface area contributed by atoms with Crippen molar-refractivity contribution < 1.29 is 27.6 Å². The number of ether oxygens (including phenoxy) is 1. The van der Waals surface area contributed by atoms with Crippen molar-refractivity contribution in [3.05, 3.63) is 33.9 Å². The molecule has 21 heavy (non-hydrogen) atoms. The number of alkyl halides is 3. The van der Waals surface area contributed by atoms with Gasteiger partial charge in [0.2, 0.25) is 0 Å². The molecule has 0 amide bonds. The Bertz CT molecular complexity index is 562. The van der Waals surface area contributed by atoms with Gasteiger partial charge in [0.05, 0.1) is 29.4 Å². The molecule has 0 radical (unpaired) electrons. The van der Waals surface area contributed by atoms with Crippen LogP contribution in [0, 0.1) is 10.1 Å². The Morgan fingerprint density at radius 3 is 2.71 bits per heavy atom. The minimum atomic E-state index is -4.76. The minimum absolute atomic E-state index is 0.0161. The van der Waals surface area contributed by atoms with Gasteiger partial charge in [-0.3, -0.25) is 10.1 Å². The first-order chi connectivity index (χ1) is 9.84. The van der Waals surface area contributed by atoms with Gasteiger partial charge in [0.25, 0.3) is 5.69 Å². The Kier molecular flexibility index (Phi) is 4.12. The Morgan fingerprint density at radius 1 is 1.43 bits per heavy atom. The van der Waals surface area contributed by atoms with Crippen molar-refractivity contribution >= 4 is 17.7 Å². The Morgan fingerprint density at radius 2 is 2.14 bits per heavy atom. The number of carbonyl (C=O) groups is 1. The lowest BCUT2D eigenvalue weighted by Gasteiger charge is -2.35. The van der Waals surface area contributed by atoms with E-state index in [1.54, 1.807) is 0 Å². The van der Waals surface area contributed by atoms with Crippen LogP contribution in [0.2, 0.25) is 0 Å². The molecule has 2 rings (SSSR count). The number of anilines is 1. The van der Waals surface area contributed by atoms with Crippen molar-refractivity contribution in [3.63, 3.8) is 0 Å². The lowest BCUT2D eigenvalue weighted by molar-refractivity contribution is -0.385. The molecule has 0 spiro atoms. The van der Waals surface area contributed by atoms with Gasteiger partial charge in [-0.2, -0.15) is 13.2 Å². The van der Waals surface area contributed by atoms with Crippen molar-refractivity contribution in [2.45, 2.75) is 12.2 Å². The van der Waals surface area contributed by atoms with Gasteiger partial charge in [-0.25, -0.2) is 0 Å². The van der Waals surface area contributed by atoms with Crippen molar-refractivity contribution in [2.75, 3.05) is 24.7 Å². The maximum absolute atomic E-state index is 13.1. The molecule has 1 aromatic rings. The van der Waals surface area contributed by atoms with Crippen molar-refractivity contribution in [2.24, 2.45) is 0 Å². The van der Waals surface area contributed by atoms with Crippen molar-refractivity contribution in [1.29, 1.82) is 0 Å². The first-order valence-electron chi connectivity index (χ1n) is 6.00. The SMILES string of the molecule is O=CC1COCCN1c1ccc([N+](=O)[O-])cc1C(F)(F)F. The fourth-order valence-corrected chi connectivity index (χ4v) is 2.15. The monoisotopic (exact) mass is 304 g/mol. The van der Waals surface area contributed by atoms with Crippen LogP contribution in [0.4, 0.5) is 24.5 Å². The average Bonchev–Trinajstić information content (AvgIpc) is 2.45. The Labute approximate surface area is 117 Å². The zero-order valence-corrected chi connectivity index (χ0v) is 10.7. The number of hydrogen-bond acceptors (Lipinski definition) is 5. The van der Waals surface area contributed by atoms with Crippen LogP contribution in [0.5, 0.6) is 0 Å². The molecule has 1 atom stereocenters. The predicted octanol–water partition coefficient (Wildman–Crippen LogP) is 2.02. The number of rotatable bonds is 3. The second-order valence-corrected chi connectivity index (χ2v) is 4.43. The summed E-state index contributed by atoms with van der Waals surface area (Å²) >= 11 is 0. The quantitative estimate of drug-likeness (QED) is 0.485. The summed E-state index contributed by atoms with van der Waals surface area (Å²) in [5.74, 6) is 0. The van der Waals surface area contributed by atoms with E-state index in [9.17, 15) is 28.1 Å². The van der Waals surface area contributed by atoms with Gasteiger partial charge in [-0.1, -0.05) is 0 Å². The van der Waals surface area contributed by atoms with Gasteiger partial charge in [-0.05, 0) is 6.07 Å². The first kappa shape index (κ1) is 15.2. The summed E-state index contributed by atoms with van der Waals surface area (Å²) in [5, 5.41) is 10.6. The van der Waals surface area contributed by atoms with E-state index >= 15 is 0 Å². The number of nitro benzene ring substituents is 1. The van der Waals surface area contributed by atoms with E-state index in [0.29, 0.717) is 12.4 Å². The summed E-state index contributed by atoms with van der Waals surface area (Å²) in [7, 11) is 0. The zero-order chi connectivity index (χ0) is 15.6. The summed E-state index contributed by atoms with van der Waals surface area (Å²) in [6.07, 6.45) is -4.26. The second kappa shape index (κ2) is 5.68. The second-order valence-electron chi connectivity index (χ2n) is 4.43. The molecule has 6 nitrogen and oxygen atoms in total. The largest absolute Gasteiger partial charge is 0.418 e. The Balaban J connectivity index is 2.51. The van der Waals surface area contributed by atoms with E-state index in [2.05, 4.69) is 0 Å². The number of nitrogens with zero attached hydrogens (tertiary/aromatic N) is 2. The highest BCUT2D eigenvalue weighted by Crippen LogP contribution is 2.39. The molecule has 0 saturated carbocycles. The highest BCUT2D eigenvalue weighted by Gasteiger charge is 2.38. The molecule has 1 heterocycles. The molecule has 0 aromatic heterocycles. The molecule has 1 aromatic carbocycles. The normalized spacial score (nSPS) is 19.4. The van der Waals surface area contributed by atoms with E-state index in [1.807, 2.05) is 0 Å². The predicted molar refractivity (Wildman–Crippen MR) is 66.1 cm³/mol. The first-order valence-corrected chi connectivity index (χ1v) is 6.00. The number of benzene rings is 1. The molecular formula is C12H11F3N2O4. The summed E-state index contributed by atoms with van der Waals surface area (Å²) in [4.78, 5) is 22.0. The Hall–Kier alpha value is -2.16. The highest BCUT2D eigenvalue weighted by atomic mass is 19.4. The molecule has 1 unspecified atom stereocenters. The smallest absolute Gasteiger partial charge is 0.377 e. The van der Waals surface area contributed by atoms with Crippen LogP contribution in [0.25, 0.3) is 0 Å². The number of non-ortho nitro benzene ring substituents is 1. The maximum atomic E-state index is 13.1. The van der Waals surface area contributed by atoms with Crippen molar-refractivity contribution in [1.82, 2.24) is 0 Å². The average molecular weight is 304 g/mol. The minimum Gasteiger partial charge on any atom is -0.377 e. The van der Waals surface area contributed by atoms with Crippen LogP contribution in [-0.2, 0) is 15.7 Å². The van der Waals surface area contributed by atoms with E-state index < -0.39 is 28.4 Å². The molecule has 9 heteroatoms. The molecule has 0 bridgehead atoms. The van der Waals surface area contributed by atoms with Gasteiger partial charge < -0.3 is 14.4 Å². The molecule has 114 valence electrons.